The van der Waals surface area contributed by atoms with Crippen LogP contribution in [0.1, 0.15) is 76.3 Å². The molecule has 0 heterocycles. The molecule has 0 radical (unpaired) electrons. The van der Waals surface area contributed by atoms with E-state index < -0.39 is 11.1 Å². The van der Waals surface area contributed by atoms with Crippen LogP contribution in [-0.2, 0) is 11.1 Å². The summed E-state index contributed by atoms with van der Waals surface area (Å²) in [5.41, 5.74) is 13.9. The van der Waals surface area contributed by atoms with Crippen LogP contribution in [0, 0.1) is 11.8 Å². The smallest absolute Gasteiger partial charge is 0.128 e. The van der Waals surface area contributed by atoms with Crippen LogP contribution in [-0.4, -0.2) is 10.2 Å². The van der Waals surface area contributed by atoms with Crippen molar-refractivity contribution in [2.45, 2.75) is 76.3 Å². The van der Waals surface area contributed by atoms with Gasteiger partial charge < -0.3 is 21.7 Å². The van der Waals surface area contributed by atoms with Gasteiger partial charge in [-0.1, -0.05) is 37.8 Å². The number of rotatable bonds is 4. The second-order valence-corrected chi connectivity index (χ2v) is 9.54. The van der Waals surface area contributed by atoms with E-state index in [9.17, 15) is 10.2 Å². The van der Waals surface area contributed by atoms with Crippen molar-refractivity contribution in [1.82, 2.24) is 0 Å². The Hall–Kier alpha value is -1.78. The van der Waals surface area contributed by atoms with E-state index in [4.69, 9.17) is 11.5 Å². The molecule has 2 unspecified atom stereocenters. The Morgan fingerprint density at radius 2 is 1.25 bits per heavy atom. The van der Waals surface area contributed by atoms with Gasteiger partial charge in [-0.05, 0) is 68.9 Å². The third-order valence-electron chi connectivity index (χ3n) is 7.68. The van der Waals surface area contributed by atoms with Crippen molar-refractivity contribution < 1.29 is 10.2 Å². The van der Waals surface area contributed by atoms with Gasteiger partial charge in [-0.3, -0.25) is 0 Å². The number of hydrogen-bond donors (Lipinski definition) is 4. The van der Waals surface area contributed by atoms with E-state index >= 15 is 0 Å². The molecule has 4 heteroatoms. The molecule has 2 fully saturated rings. The summed E-state index contributed by atoms with van der Waals surface area (Å²) in [7, 11) is 0. The normalized spacial score (nSPS) is 23.1. The van der Waals surface area contributed by atoms with Gasteiger partial charge in [-0.25, -0.2) is 0 Å². The number of phenolic OH excluding ortho intramolecular Hbond substituents is 2. The number of aromatic hydroxyl groups is 2. The molecule has 0 spiro atoms. The maximum absolute atomic E-state index is 11.2. The summed E-state index contributed by atoms with van der Waals surface area (Å²) < 4.78 is 0. The molecule has 0 amide bonds. The van der Waals surface area contributed by atoms with Gasteiger partial charge in [0.25, 0.3) is 0 Å². The molecule has 4 nitrogen and oxygen atoms in total. The molecule has 2 aliphatic rings. The fourth-order valence-electron chi connectivity index (χ4n) is 5.85. The fourth-order valence-corrected chi connectivity index (χ4v) is 5.85. The van der Waals surface area contributed by atoms with Crippen LogP contribution >= 0.6 is 0 Å². The van der Waals surface area contributed by atoms with Crippen LogP contribution in [0.25, 0.3) is 10.8 Å². The quantitative estimate of drug-likeness (QED) is 0.600. The van der Waals surface area contributed by atoms with E-state index in [1.54, 1.807) is 12.1 Å². The van der Waals surface area contributed by atoms with Gasteiger partial charge >= 0.3 is 0 Å². The molecule has 0 bridgehead atoms. The average molecular weight is 383 g/mol. The SMILES string of the molecule is CC(N)(c1ccc2c(C(C)(N)C3CCCC3)c(O)ccc2c1O)C1CCCC1. The summed E-state index contributed by atoms with van der Waals surface area (Å²) >= 11 is 0. The van der Waals surface area contributed by atoms with Crippen LogP contribution in [0.5, 0.6) is 11.5 Å². The molecule has 2 atom stereocenters. The first-order valence-corrected chi connectivity index (χ1v) is 10.8. The predicted molar refractivity (Wildman–Crippen MR) is 114 cm³/mol. The molecular weight excluding hydrogens is 348 g/mol. The largest absolute Gasteiger partial charge is 0.508 e. The zero-order chi connectivity index (χ0) is 20.1. The maximum atomic E-state index is 11.2. The molecule has 2 aromatic carbocycles. The number of fused-ring (bicyclic) bond motifs is 1. The minimum absolute atomic E-state index is 0.211. The standard InChI is InChI=1S/C24H34N2O2/c1-23(25,15-7-3-4-8-15)19-13-11-17-18(22(19)28)12-14-20(27)21(17)24(2,26)16-9-5-6-10-16/h11-16,27-28H,3-10,25-26H2,1-2H3. The van der Waals surface area contributed by atoms with Crippen LogP contribution in [0.15, 0.2) is 24.3 Å². The van der Waals surface area contributed by atoms with Crippen molar-refractivity contribution in [3.05, 3.63) is 35.4 Å². The monoisotopic (exact) mass is 382 g/mol. The fraction of sp³-hybridized carbons (Fsp3) is 0.583. The minimum atomic E-state index is -0.633. The highest BCUT2D eigenvalue weighted by Crippen LogP contribution is 2.48. The topological polar surface area (TPSA) is 92.5 Å². The lowest BCUT2D eigenvalue weighted by molar-refractivity contribution is 0.295. The number of benzene rings is 2. The zero-order valence-corrected chi connectivity index (χ0v) is 17.2. The van der Waals surface area contributed by atoms with E-state index in [2.05, 4.69) is 0 Å². The summed E-state index contributed by atoms with van der Waals surface area (Å²) in [6.07, 6.45) is 9.15. The van der Waals surface area contributed by atoms with Gasteiger partial charge in [0.2, 0.25) is 0 Å². The number of phenols is 2. The van der Waals surface area contributed by atoms with Gasteiger partial charge in [0.05, 0.1) is 0 Å². The van der Waals surface area contributed by atoms with E-state index in [1.165, 1.54) is 25.7 Å². The third-order valence-corrected chi connectivity index (χ3v) is 7.68. The Labute approximate surface area is 167 Å². The first kappa shape index (κ1) is 19.5. The van der Waals surface area contributed by atoms with Crippen molar-refractivity contribution in [2.24, 2.45) is 23.3 Å². The van der Waals surface area contributed by atoms with Crippen LogP contribution in [0.2, 0.25) is 0 Å². The van der Waals surface area contributed by atoms with Crippen LogP contribution in [0.4, 0.5) is 0 Å². The van der Waals surface area contributed by atoms with Crippen LogP contribution < -0.4 is 11.5 Å². The second-order valence-electron chi connectivity index (χ2n) is 9.54. The van der Waals surface area contributed by atoms with Gasteiger partial charge in [-0.2, -0.15) is 0 Å². The Morgan fingerprint density at radius 3 is 1.82 bits per heavy atom. The Balaban J connectivity index is 1.85. The first-order valence-electron chi connectivity index (χ1n) is 10.8. The predicted octanol–water partition coefficient (Wildman–Crippen LogP) is 4.98. The average Bonchev–Trinajstić information content (AvgIpc) is 3.35. The van der Waals surface area contributed by atoms with Gasteiger partial charge in [-0.15, -0.1) is 0 Å². The molecule has 2 aliphatic carbocycles. The molecule has 0 saturated heterocycles. The Morgan fingerprint density at radius 1 is 0.750 bits per heavy atom. The Kier molecular flexibility index (Phi) is 4.83. The highest BCUT2D eigenvalue weighted by Gasteiger charge is 2.39. The van der Waals surface area contributed by atoms with Crippen LogP contribution in [0.3, 0.4) is 0 Å². The lowest BCUT2D eigenvalue weighted by Gasteiger charge is -2.35. The molecule has 152 valence electrons. The highest BCUT2D eigenvalue weighted by atomic mass is 16.3. The van der Waals surface area contributed by atoms with Gasteiger partial charge in [0, 0.05) is 27.6 Å². The lowest BCUT2D eigenvalue weighted by atomic mass is 9.75. The third kappa shape index (κ3) is 2.98. The number of hydrogen-bond acceptors (Lipinski definition) is 4. The highest BCUT2D eigenvalue weighted by molar-refractivity contribution is 5.94. The second kappa shape index (κ2) is 6.93. The Bertz CT molecular complexity index is 876. The molecule has 28 heavy (non-hydrogen) atoms. The summed E-state index contributed by atoms with van der Waals surface area (Å²) in [5, 5.41) is 23.5. The van der Waals surface area contributed by atoms with E-state index in [-0.39, 0.29) is 11.5 Å². The molecule has 0 aromatic heterocycles. The van der Waals surface area contributed by atoms with E-state index in [1.807, 2.05) is 26.0 Å². The van der Waals surface area contributed by atoms with Crippen molar-refractivity contribution >= 4 is 10.8 Å². The van der Waals surface area contributed by atoms with E-state index in [0.717, 1.165) is 47.6 Å². The van der Waals surface area contributed by atoms with Gasteiger partial charge in [0.1, 0.15) is 11.5 Å². The van der Waals surface area contributed by atoms with E-state index in [0.29, 0.717) is 11.8 Å². The van der Waals surface area contributed by atoms with Crippen molar-refractivity contribution in [3.8, 4) is 11.5 Å². The summed E-state index contributed by atoms with van der Waals surface area (Å²) in [5.74, 6) is 1.16. The molecule has 2 aromatic rings. The lowest BCUT2D eigenvalue weighted by Crippen LogP contribution is -2.41. The molecule has 4 rings (SSSR count). The van der Waals surface area contributed by atoms with Crippen molar-refractivity contribution in [1.29, 1.82) is 0 Å². The van der Waals surface area contributed by atoms with Crippen molar-refractivity contribution in [2.75, 3.05) is 0 Å². The molecule has 2 saturated carbocycles. The minimum Gasteiger partial charge on any atom is -0.508 e. The summed E-state index contributed by atoms with van der Waals surface area (Å²) in [6, 6.07) is 7.41. The molecule has 0 aliphatic heterocycles. The summed E-state index contributed by atoms with van der Waals surface area (Å²) in [4.78, 5) is 0. The van der Waals surface area contributed by atoms with Crippen molar-refractivity contribution in [3.63, 3.8) is 0 Å². The van der Waals surface area contributed by atoms with Gasteiger partial charge in [0.15, 0.2) is 0 Å². The zero-order valence-electron chi connectivity index (χ0n) is 17.2. The maximum Gasteiger partial charge on any atom is 0.128 e. The molecule has 6 N–H and O–H groups in total. The molecular formula is C24H34N2O2. The summed E-state index contributed by atoms with van der Waals surface area (Å²) in [6.45, 7) is 4.06. The number of nitrogens with two attached hydrogens (primary N) is 2. The first-order chi connectivity index (χ1) is 13.2.